The van der Waals surface area contributed by atoms with E-state index in [0.717, 1.165) is 6.07 Å². The number of alkyl halides is 3. The van der Waals surface area contributed by atoms with Gasteiger partial charge < -0.3 is 9.47 Å². The minimum Gasteiger partial charge on any atom is -0.494 e. The van der Waals surface area contributed by atoms with Crippen molar-refractivity contribution in [2.45, 2.75) is 12.8 Å². The minimum absolute atomic E-state index is 0.136. The SMILES string of the molecule is [N-]=[N+]=NCCCOc1ccc(OC(F)(F)F)c(Br)c1. The molecule has 0 N–H and O–H groups in total. The van der Waals surface area contributed by atoms with Gasteiger partial charge in [-0.25, -0.2) is 0 Å². The Hall–Kier alpha value is -1.60. The van der Waals surface area contributed by atoms with Crippen LogP contribution in [0.5, 0.6) is 11.5 Å². The van der Waals surface area contributed by atoms with Gasteiger partial charge in [0.25, 0.3) is 0 Å². The summed E-state index contributed by atoms with van der Waals surface area (Å²) in [5, 5.41) is 3.32. The molecule has 1 aromatic carbocycles. The van der Waals surface area contributed by atoms with Gasteiger partial charge in [-0.3, -0.25) is 0 Å². The van der Waals surface area contributed by atoms with E-state index in [9.17, 15) is 13.2 Å². The highest BCUT2D eigenvalue weighted by atomic mass is 79.9. The van der Waals surface area contributed by atoms with Crippen LogP contribution < -0.4 is 9.47 Å². The van der Waals surface area contributed by atoms with Crippen LogP contribution in [0.4, 0.5) is 13.2 Å². The molecule has 0 aliphatic rings. The first kappa shape index (κ1) is 15.5. The van der Waals surface area contributed by atoms with E-state index in [2.05, 4.69) is 30.7 Å². The van der Waals surface area contributed by atoms with E-state index in [-0.39, 0.29) is 10.2 Å². The van der Waals surface area contributed by atoms with E-state index in [4.69, 9.17) is 10.3 Å². The van der Waals surface area contributed by atoms with E-state index < -0.39 is 6.36 Å². The summed E-state index contributed by atoms with van der Waals surface area (Å²) in [6, 6.07) is 3.88. The van der Waals surface area contributed by atoms with Crippen molar-refractivity contribution in [3.8, 4) is 11.5 Å². The summed E-state index contributed by atoms with van der Waals surface area (Å²) in [4.78, 5) is 2.58. The maximum Gasteiger partial charge on any atom is 0.573 e. The summed E-state index contributed by atoms with van der Waals surface area (Å²) in [6.07, 6.45) is -4.22. The van der Waals surface area contributed by atoms with Gasteiger partial charge in [0.05, 0.1) is 11.1 Å². The van der Waals surface area contributed by atoms with Gasteiger partial charge in [-0.2, -0.15) is 0 Å². The van der Waals surface area contributed by atoms with Gasteiger partial charge in [-0.05, 0) is 46.1 Å². The summed E-state index contributed by atoms with van der Waals surface area (Å²) in [7, 11) is 0. The van der Waals surface area contributed by atoms with Gasteiger partial charge in [0.15, 0.2) is 0 Å². The second-order valence-corrected chi connectivity index (χ2v) is 4.15. The molecule has 0 spiro atoms. The molecule has 0 amide bonds. The van der Waals surface area contributed by atoms with Gasteiger partial charge in [0.1, 0.15) is 11.5 Å². The molecule has 0 aliphatic heterocycles. The molecule has 0 saturated carbocycles. The fourth-order valence-electron chi connectivity index (χ4n) is 1.15. The number of azide groups is 1. The Morgan fingerprint density at radius 2 is 2.11 bits per heavy atom. The third-order valence-electron chi connectivity index (χ3n) is 1.86. The normalized spacial score (nSPS) is 10.7. The fourth-order valence-corrected chi connectivity index (χ4v) is 1.59. The van der Waals surface area contributed by atoms with Crippen molar-refractivity contribution in [1.29, 1.82) is 0 Å². The molecule has 1 aromatic rings. The molecule has 0 unspecified atom stereocenters. The molecule has 0 atom stereocenters. The average Bonchev–Trinajstić information content (AvgIpc) is 2.31. The van der Waals surface area contributed by atoms with E-state index in [0.29, 0.717) is 25.3 Å². The maximum absolute atomic E-state index is 12.0. The van der Waals surface area contributed by atoms with Crippen LogP contribution in [0.2, 0.25) is 0 Å². The Kier molecular flexibility index (Phi) is 5.78. The molecule has 104 valence electrons. The van der Waals surface area contributed by atoms with Crippen molar-refractivity contribution in [2.24, 2.45) is 5.11 Å². The summed E-state index contributed by atoms with van der Waals surface area (Å²) >= 11 is 2.96. The Morgan fingerprint density at radius 3 is 2.68 bits per heavy atom. The van der Waals surface area contributed by atoms with Gasteiger partial charge in [-0.1, -0.05) is 5.11 Å². The Morgan fingerprint density at radius 1 is 1.37 bits per heavy atom. The lowest BCUT2D eigenvalue weighted by atomic mass is 10.3. The molecule has 19 heavy (non-hydrogen) atoms. The molecule has 9 heteroatoms. The zero-order chi connectivity index (χ0) is 14.3. The number of hydrogen-bond donors (Lipinski definition) is 0. The lowest BCUT2D eigenvalue weighted by Gasteiger charge is -2.12. The molecule has 0 aliphatic carbocycles. The maximum atomic E-state index is 12.0. The standard InChI is InChI=1S/C10H9BrF3N3O2/c11-8-6-7(18-5-1-4-16-17-15)2-3-9(8)19-10(12,13)14/h2-3,6H,1,4-5H2. The molecule has 0 fully saturated rings. The van der Waals surface area contributed by atoms with Crippen LogP contribution in [-0.2, 0) is 0 Å². The highest BCUT2D eigenvalue weighted by Gasteiger charge is 2.31. The van der Waals surface area contributed by atoms with Crippen LogP contribution >= 0.6 is 15.9 Å². The first-order valence-corrected chi connectivity index (χ1v) is 5.90. The van der Waals surface area contributed by atoms with Crippen LogP contribution in [0.15, 0.2) is 27.8 Å². The smallest absolute Gasteiger partial charge is 0.494 e. The second kappa shape index (κ2) is 7.10. The number of rotatable bonds is 6. The number of hydrogen-bond acceptors (Lipinski definition) is 3. The van der Waals surface area contributed by atoms with Crippen molar-refractivity contribution in [3.05, 3.63) is 33.1 Å². The molecule has 1 rings (SSSR count). The number of benzene rings is 1. The quantitative estimate of drug-likeness (QED) is 0.333. The number of halogens is 4. The van der Waals surface area contributed by atoms with Crippen LogP contribution in [-0.4, -0.2) is 19.5 Å². The van der Waals surface area contributed by atoms with Crippen molar-refractivity contribution >= 4 is 15.9 Å². The zero-order valence-electron chi connectivity index (χ0n) is 9.52. The third kappa shape index (κ3) is 6.21. The molecular formula is C10H9BrF3N3O2. The van der Waals surface area contributed by atoms with Crippen molar-refractivity contribution < 1.29 is 22.6 Å². The lowest BCUT2D eigenvalue weighted by Crippen LogP contribution is -2.17. The fraction of sp³-hybridized carbons (Fsp3) is 0.400. The monoisotopic (exact) mass is 339 g/mol. The highest BCUT2D eigenvalue weighted by Crippen LogP contribution is 2.33. The molecule has 0 saturated heterocycles. The highest BCUT2D eigenvalue weighted by molar-refractivity contribution is 9.10. The van der Waals surface area contributed by atoms with Crippen LogP contribution in [0.25, 0.3) is 10.4 Å². The van der Waals surface area contributed by atoms with Gasteiger partial charge in [-0.15, -0.1) is 13.2 Å². The molecule has 0 bridgehead atoms. The molecular weight excluding hydrogens is 331 g/mol. The number of ether oxygens (including phenoxy) is 2. The lowest BCUT2D eigenvalue weighted by molar-refractivity contribution is -0.274. The largest absolute Gasteiger partial charge is 0.573 e. The predicted octanol–water partition coefficient (Wildman–Crippen LogP) is 4.43. The first-order chi connectivity index (χ1) is 8.92. The van der Waals surface area contributed by atoms with E-state index in [1.165, 1.54) is 12.1 Å². The third-order valence-corrected chi connectivity index (χ3v) is 2.48. The molecule has 0 radical (unpaired) electrons. The summed E-state index contributed by atoms with van der Waals surface area (Å²) < 4.78 is 45.3. The molecule has 0 aromatic heterocycles. The zero-order valence-corrected chi connectivity index (χ0v) is 11.1. The van der Waals surface area contributed by atoms with Gasteiger partial charge >= 0.3 is 6.36 Å². The van der Waals surface area contributed by atoms with Gasteiger partial charge in [0, 0.05) is 11.5 Å². The van der Waals surface area contributed by atoms with Crippen LogP contribution in [0, 0.1) is 0 Å². The minimum atomic E-state index is -4.74. The van der Waals surface area contributed by atoms with Crippen molar-refractivity contribution in [1.82, 2.24) is 0 Å². The Labute approximate surface area is 115 Å². The van der Waals surface area contributed by atoms with Crippen LogP contribution in [0.3, 0.4) is 0 Å². The average molecular weight is 340 g/mol. The summed E-state index contributed by atoms with van der Waals surface area (Å²) in [6.45, 7) is 0.595. The molecule has 5 nitrogen and oxygen atoms in total. The predicted molar refractivity (Wildman–Crippen MR) is 65.0 cm³/mol. The Bertz CT molecular complexity index is 476. The molecule has 0 heterocycles. The van der Waals surface area contributed by atoms with E-state index >= 15 is 0 Å². The van der Waals surface area contributed by atoms with E-state index in [1.807, 2.05) is 0 Å². The topological polar surface area (TPSA) is 67.2 Å². The van der Waals surface area contributed by atoms with Gasteiger partial charge in [0.2, 0.25) is 0 Å². The van der Waals surface area contributed by atoms with Crippen LogP contribution in [0.1, 0.15) is 6.42 Å². The van der Waals surface area contributed by atoms with E-state index in [1.54, 1.807) is 0 Å². The Balaban J connectivity index is 2.54. The van der Waals surface area contributed by atoms with Crippen molar-refractivity contribution in [2.75, 3.05) is 13.2 Å². The summed E-state index contributed by atoms with van der Waals surface area (Å²) in [5.41, 5.74) is 8.05. The second-order valence-electron chi connectivity index (χ2n) is 3.30. The van der Waals surface area contributed by atoms with Crippen molar-refractivity contribution in [3.63, 3.8) is 0 Å². The number of nitrogens with zero attached hydrogens (tertiary/aromatic N) is 3. The first-order valence-electron chi connectivity index (χ1n) is 5.11. The summed E-state index contributed by atoms with van der Waals surface area (Å²) in [5.74, 6) is 0.0521.